The van der Waals surface area contributed by atoms with E-state index >= 15 is 0 Å². The van der Waals surface area contributed by atoms with E-state index in [4.69, 9.17) is 0 Å². The molecular weight excluding hydrogens is 164 g/mol. The third-order valence-corrected chi connectivity index (χ3v) is 2.14. The number of carbonyl (C=O) groups is 1. The highest BCUT2D eigenvalue weighted by Gasteiger charge is 2.04. The lowest BCUT2D eigenvalue weighted by atomic mass is 10.0. The molecule has 0 bridgehead atoms. The van der Waals surface area contributed by atoms with Gasteiger partial charge in [-0.2, -0.15) is 0 Å². The summed E-state index contributed by atoms with van der Waals surface area (Å²) in [4.78, 5) is 10.1. The molecule has 0 saturated heterocycles. The number of carbonyl (C=O) groups excluding carboxylic acids is 1. The molecule has 0 aromatic carbocycles. The monoisotopic (exact) mass is 184 g/mol. The Hall–Kier alpha value is -0.630. The maximum absolute atomic E-state index is 10.1. The fourth-order valence-corrected chi connectivity index (χ4v) is 1.19. The number of rotatable bonds is 7. The highest BCUT2D eigenvalue weighted by molar-refractivity contribution is 5.52. The Balaban J connectivity index is 3.67. The van der Waals surface area contributed by atoms with E-state index in [2.05, 4.69) is 6.92 Å². The molecule has 1 atom stereocenters. The van der Waals surface area contributed by atoms with E-state index in [0.29, 0.717) is 6.42 Å². The molecule has 1 N–H and O–H groups in total. The summed E-state index contributed by atoms with van der Waals surface area (Å²) in [5, 5.41) is 9.59. The van der Waals surface area contributed by atoms with Crippen molar-refractivity contribution >= 4 is 6.29 Å². The highest BCUT2D eigenvalue weighted by atomic mass is 16.3. The lowest BCUT2D eigenvalue weighted by Crippen LogP contribution is -2.07. The van der Waals surface area contributed by atoms with Gasteiger partial charge in [0, 0.05) is 6.42 Å². The first kappa shape index (κ1) is 12.4. The molecule has 0 amide bonds. The Bertz CT molecular complexity index is 161. The van der Waals surface area contributed by atoms with Crippen LogP contribution >= 0.6 is 0 Å². The molecule has 0 spiro atoms. The van der Waals surface area contributed by atoms with Crippen LogP contribution in [0.5, 0.6) is 0 Å². The average Bonchev–Trinajstić information content (AvgIpc) is 2.14. The van der Waals surface area contributed by atoms with Gasteiger partial charge in [0.1, 0.15) is 6.29 Å². The van der Waals surface area contributed by atoms with E-state index < -0.39 is 0 Å². The van der Waals surface area contributed by atoms with Crippen LogP contribution in [0.3, 0.4) is 0 Å². The zero-order valence-corrected chi connectivity index (χ0v) is 8.62. The number of aldehydes is 1. The summed E-state index contributed by atoms with van der Waals surface area (Å²) in [6.07, 6.45) is 6.91. The second kappa shape index (κ2) is 7.99. The molecule has 2 heteroatoms. The number of aliphatic hydroxyl groups is 1. The zero-order chi connectivity index (χ0) is 10.1. The van der Waals surface area contributed by atoms with Gasteiger partial charge in [0.2, 0.25) is 0 Å². The summed E-state index contributed by atoms with van der Waals surface area (Å²) >= 11 is 0. The maximum Gasteiger partial charge on any atom is 0.123 e. The van der Waals surface area contributed by atoms with Crippen molar-refractivity contribution < 1.29 is 9.90 Å². The van der Waals surface area contributed by atoms with Crippen LogP contribution in [0.2, 0.25) is 0 Å². The smallest absolute Gasteiger partial charge is 0.123 e. The minimum atomic E-state index is -0.355. The number of allylic oxidation sites excluding steroid dienone is 1. The molecule has 1 unspecified atom stereocenters. The zero-order valence-electron chi connectivity index (χ0n) is 8.62. The Labute approximate surface area is 80.7 Å². The normalized spacial score (nSPS) is 14.2. The molecule has 76 valence electrons. The summed E-state index contributed by atoms with van der Waals surface area (Å²) < 4.78 is 0. The molecular formula is C11H20O2. The molecule has 0 aromatic rings. The topological polar surface area (TPSA) is 37.3 Å². The van der Waals surface area contributed by atoms with Crippen molar-refractivity contribution in [3.8, 4) is 0 Å². The van der Waals surface area contributed by atoms with Gasteiger partial charge < -0.3 is 9.90 Å². The molecule has 0 aliphatic rings. The average molecular weight is 184 g/mol. The maximum atomic E-state index is 10.1. The number of hydrogen-bond donors (Lipinski definition) is 1. The Morgan fingerprint density at radius 3 is 2.69 bits per heavy atom. The van der Waals surface area contributed by atoms with Crippen LogP contribution in [-0.4, -0.2) is 17.5 Å². The van der Waals surface area contributed by atoms with Crippen LogP contribution in [0, 0.1) is 0 Å². The Morgan fingerprint density at radius 1 is 1.46 bits per heavy atom. The van der Waals surface area contributed by atoms with Crippen LogP contribution in [0.15, 0.2) is 11.6 Å². The van der Waals surface area contributed by atoms with E-state index in [9.17, 15) is 9.90 Å². The van der Waals surface area contributed by atoms with E-state index in [0.717, 1.165) is 31.1 Å². The van der Waals surface area contributed by atoms with Gasteiger partial charge in [0.15, 0.2) is 0 Å². The van der Waals surface area contributed by atoms with E-state index in [1.807, 2.05) is 6.92 Å². The second-order valence-electron chi connectivity index (χ2n) is 3.36. The summed E-state index contributed by atoms with van der Waals surface area (Å²) in [6.45, 7) is 4.02. The number of hydrogen-bond acceptors (Lipinski definition) is 2. The largest absolute Gasteiger partial charge is 0.389 e. The van der Waals surface area contributed by atoms with Crippen molar-refractivity contribution in [2.24, 2.45) is 0 Å². The van der Waals surface area contributed by atoms with E-state index in [1.54, 1.807) is 6.08 Å². The van der Waals surface area contributed by atoms with Gasteiger partial charge in [-0.15, -0.1) is 0 Å². The number of unbranched alkanes of at least 4 members (excludes halogenated alkanes) is 2. The summed E-state index contributed by atoms with van der Waals surface area (Å²) in [6, 6.07) is 0. The molecule has 0 aliphatic heterocycles. The third-order valence-electron chi connectivity index (χ3n) is 2.14. The number of aliphatic hydroxyl groups excluding tert-OH is 1. The van der Waals surface area contributed by atoms with Crippen molar-refractivity contribution in [1.29, 1.82) is 0 Å². The van der Waals surface area contributed by atoms with Gasteiger partial charge in [0.05, 0.1) is 6.10 Å². The fraction of sp³-hybridized carbons (Fsp3) is 0.727. The highest BCUT2D eigenvalue weighted by Crippen LogP contribution is 2.10. The van der Waals surface area contributed by atoms with Crippen LogP contribution in [0.25, 0.3) is 0 Å². The first-order valence-corrected chi connectivity index (χ1v) is 5.00. The molecule has 0 radical (unpaired) electrons. The second-order valence-corrected chi connectivity index (χ2v) is 3.36. The van der Waals surface area contributed by atoms with Gasteiger partial charge in [0.25, 0.3) is 0 Å². The minimum absolute atomic E-state index is 0.355. The van der Waals surface area contributed by atoms with Gasteiger partial charge in [-0.25, -0.2) is 0 Å². The summed E-state index contributed by atoms with van der Waals surface area (Å²) in [7, 11) is 0. The lowest BCUT2D eigenvalue weighted by molar-refractivity contribution is -0.107. The Morgan fingerprint density at radius 2 is 2.15 bits per heavy atom. The van der Waals surface area contributed by atoms with Gasteiger partial charge in [-0.3, -0.25) is 0 Å². The minimum Gasteiger partial charge on any atom is -0.389 e. The van der Waals surface area contributed by atoms with Crippen LogP contribution in [-0.2, 0) is 4.79 Å². The van der Waals surface area contributed by atoms with Crippen molar-refractivity contribution in [2.45, 2.75) is 52.1 Å². The molecule has 13 heavy (non-hydrogen) atoms. The van der Waals surface area contributed by atoms with E-state index in [1.165, 1.54) is 6.42 Å². The van der Waals surface area contributed by atoms with Crippen LogP contribution < -0.4 is 0 Å². The first-order valence-electron chi connectivity index (χ1n) is 5.00. The van der Waals surface area contributed by atoms with Crippen LogP contribution in [0.1, 0.15) is 46.0 Å². The van der Waals surface area contributed by atoms with Gasteiger partial charge in [-0.05, 0) is 18.9 Å². The van der Waals surface area contributed by atoms with Crippen LogP contribution in [0.4, 0.5) is 0 Å². The predicted octanol–water partition coefficient (Wildman–Crippen LogP) is 2.46. The standard InChI is InChI=1S/C11H20O2/c1-3-4-5-8-11(13)10(2)7-6-9-12/h7,9,11,13H,3-6,8H2,1-2H3. The third kappa shape index (κ3) is 6.52. The molecule has 2 nitrogen and oxygen atoms in total. The van der Waals surface area contributed by atoms with Gasteiger partial charge in [-0.1, -0.05) is 32.3 Å². The molecule has 0 rings (SSSR count). The first-order chi connectivity index (χ1) is 6.22. The summed E-state index contributed by atoms with van der Waals surface area (Å²) in [5.41, 5.74) is 0.920. The predicted molar refractivity (Wildman–Crippen MR) is 54.6 cm³/mol. The molecule has 0 aliphatic carbocycles. The van der Waals surface area contributed by atoms with Crippen molar-refractivity contribution in [2.75, 3.05) is 0 Å². The fourth-order valence-electron chi connectivity index (χ4n) is 1.19. The molecule has 0 fully saturated rings. The SMILES string of the molecule is CCCCCC(O)C(C)=CCC=O. The Kier molecular flexibility index (Phi) is 7.60. The molecule has 0 aromatic heterocycles. The van der Waals surface area contributed by atoms with E-state index in [-0.39, 0.29) is 6.10 Å². The van der Waals surface area contributed by atoms with Gasteiger partial charge >= 0.3 is 0 Å². The lowest BCUT2D eigenvalue weighted by Gasteiger charge is -2.10. The molecule has 0 heterocycles. The quantitative estimate of drug-likeness (QED) is 0.375. The van der Waals surface area contributed by atoms with Crippen molar-refractivity contribution in [1.82, 2.24) is 0 Å². The summed E-state index contributed by atoms with van der Waals surface area (Å²) in [5.74, 6) is 0. The van der Waals surface area contributed by atoms with Crippen molar-refractivity contribution in [3.05, 3.63) is 11.6 Å². The van der Waals surface area contributed by atoms with Crippen molar-refractivity contribution in [3.63, 3.8) is 0 Å². The molecule has 0 saturated carbocycles.